The van der Waals surface area contributed by atoms with Crippen LogP contribution >= 0.6 is 15.9 Å². The maximum Gasteiger partial charge on any atom is 0.254 e. The second kappa shape index (κ2) is 5.28. The van der Waals surface area contributed by atoms with E-state index in [1.54, 1.807) is 19.2 Å². The van der Waals surface area contributed by atoms with Crippen LogP contribution in [-0.4, -0.2) is 35.1 Å². The zero-order valence-corrected chi connectivity index (χ0v) is 12.7. The number of hydrogen-bond donors (Lipinski definition) is 2. The van der Waals surface area contributed by atoms with Crippen LogP contribution in [0.2, 0.25) is 0 Å². The molecule has 18 heavy (non-hydrogen) atoms. The molecule has 100 valence electrons. The molecule has 1 aromatic carbocycles. The first kappa shape index (κ1) is 15.0. The molecule has 0 saturated heterocycles. The molecule has 1 amide bonds. The number of anilines is 1. The van der Waals surface area contributed by atoms with E-state index < -0.39 is 5.54 Å². The Morgan fingerprint density at radius 2 is 2.06 bits per heavy atom. The molecule has 5 heteroatoms. The van der Waals surface area contributed by atoms with E-state index in [4.69, 9.17) is 5.73 Å². The van der Waals surface area contributed by atoms with Gasteiger partial charge in [0.15, 0.2) is 0 Å². The molecule has 1 rings (SSSR count). The number of nitrogens with two attached hydrogens (primary N) is 1. The molecule has 0 bridgehead atoms. The monoisotopic (exact) mass is 314 g/mol. The van der Waals surface area contributed by atoms with E-state index in [0.717, 1.165) is 10.0 Å². The number of likely N-dealkylation sites (N-methyl/N-ethyl adjacent to an activating group) is 1. The number of hydrogen-bond acceptors (Lipinski definition) is 3. The van der Waals surface area contributed by atoms with Crippen LogP contribution in [0.1, 0.15) is 29.8 Å². The summed E-state index contributed by atoms with van der Waals surface area (Å²) < 4.78 is 0.768. The minimum atomic E-state index is -0.611. The number of aliphatic hydroxyl groups excluding tert-OH is 1. The standard InChI is InChI=1S/C13H19BrN2O2/c1-8-10(5-9(14)6-11(8)15)12(18)16(4)13(2,3)7-17/h5-6,17H,7,15H2,1-4H3. The lowest BCUT2D eigenvalue weighted by Crippen LogP contribution is -2.47. The van der Waals surface area contributed by atoms with Crippen molar-refractivity contribution in [3.63, 3.8) is 0 Å². The number of carbonyl (C=O) groups is 1. The predicted molar refractivity (Wildman–Crippen MR) is 76.5 cm³/mol. The molecule has 0 aliphatic heterocycles. The summed E-state index contributed by atoms with van der Waals surface area (Å²) in [7, 11) is 1.68. The third-order valence-electron chi connectivity index (χ3n) is 3.24. The molecule has 0 aromatic heterocycles. The lowest BCUT2D eigenvalue weighted by Gasteiger charge is -2.34. The quantitative estimate of drug-likeness (QED) is 0.840. The molecule has 0 heterocycles. The van der Waals surface area contributed by atoms with Gasteiger partial charge < -0.3 is 15.7 Å². The van der Waals surface area contributed by atoms with Gasteiger partial charge in [0.25, 0.3) is 5.91 Å². The molecule has 3 N–H and O–H groups in total. The van der Waals surface area contributed by atoms with Gasteiger partial charge in [0.2, 0.25) is 0 Å². The van der Waals surface area contributed by atoms with Gasteiger partial charge in [-0.05, 0) is 38.5 Å². The molecule has 0 atom stereocenters. The average molecular weight is 315 g/mol. The highest BCUT2D eigenvalue weighted by atomic mass is 79.9. The molecule has 4 nitrogen and oxygen atoms in total. The molecule has 1 aromatic rings. The van der Waals surface area contributed by atoms with Crippen molar-refractivity contribution in [3.05, 3.63) is 27.7 Å². The molecule has 0 spiro atoms. The third kappa shape index (κ3) is 2.84. The van der Waals surface area contributed by atoms with E-state index in [1.807, 2.05) is 20.8 Å². The van der Waals surface area contributed by atoms with E-state index >= 15 is 0 Å². The zero-order valence-electron chi connectivity index (χ0n) is 11.1. The van der Waals surface area contributed by atoms with Gasteiger partial charge in [0, 0.05) is 22.8 Å². The fraction of sp³-hybridized carbons (Fsp3) is 0.462. The summed E-state index contributed by atoms with van der Waals surface area (Å²) in [6, 6.07) is 3.52. The topological polar surface area (TPSA) is 66.6 Å². The second-order valence-corrected chi connectivity index (χ2v) is 5.92. The fourth-order valence-electron chi connectivity index (χ4n) is 1.48. The maximum atomic E-state index is 12.4. The van der Waals surface area contributed by atoms with Gasteiger partial charge in [-0.2, -0.15) is 0 Å². The minimum Gasteiger partial charge on any atom is -0.398 e. The van der Waals surface area contributed by atoms with Crippen LogP contribution in [0.5, 0.6) is 0 Å². The highest BCUT2D eigenvalue weighted by molar-refractivity contribution is 9.10. The van der Waals surface area contributed by atoms with Crippen LogP contribution in [0, 0.1) is 6.92 Å². The molecule has 0 unspecified atom stereocenters. The second-order valence-electron chi connectivity index (χ2n) is 5.00. The molecule has 0 radical (unpaired) electrons. The molecule has 0 saturated carbocycles. The Labute approximate surface area is 116 Å². The summed E-state index contributed by atoms with van der Waals surface area (Å²) in [4.78, 5) is 13.9. The van der Waals surface area contributed by atoms with Crippen LogP contribution in [0.3, 0.4) is 0 Å². The van der Waals surface area contributed by atoms with Crippen molar-refractivity contribution in [2.45, 2.75) is 26.3 Å². The van der Waals surface area contributed by atoms with Gasteiger partial charge in [-0.15, -0.1) is 0 Å². The van der Waals surface area contributed by atoms with Crippen molar-refractivity contribution in [2.75, 3.05) is 19.4 Å². The number of carbonyl (C=O) groups excluding carboxylic acids is 1. The highest BCUT2D eigenvalue weighted by Gasteiger charge is 2.28. The summed E-state index contributed by atoms with van der Waals surface area (Å²) in [6.07, 6.45) is 0. The first-order chi connectivity index (χ1) is 8.20. The van der Waals surface area contributed by atoms with Crippen molar-refractivity contribution in [1.29, 1.82) is 0 Å². The van der Waals surface area contributed by atoms with Gasteiger partial charge in [0.05, 0.1) is 12.1 Å². The Balaban J connectivity index is 3.20. The van der Waals surface area contributed by atoms with E-state index in [2.05, 4.69) is 15.9 Å². The van der Waals surface area contributed by atoms with Crippen LogP contribution in [0.15, 0.2) is 16.6 Å². The first-order valence-electron chi connectivity index (χ1n) is 5.65. The molecule has 0 aliphatic carbocycles. The lowest BCUT2D eigenvalue weighted by molar-refractivity contribution is 0.0472. The Morgan fingerprint density at radius 1 is 1.50 bits per heavy atom. The Morgan fingerprint density at radius 3 is 2.56 bits per heavy atom. The van der Waals surface area contributed by atoms with Gasteiger partial charge in [-0.25, -0.2) is 0 Å². The summed E-state index contributed by atoms with van der Waals surface area (Å²) in [5, 5.41) is 9.31. The van der Waals surface area contributed by atoms with Crippen molar-refractivity contribution in [2.24, 2.45) is 0 Å². The zero-order chi connectivity index (χ0) is 14.1. The minimum absolute atomic E-state index is 0.0994. The number of nitrogen functional groups attached to an aromatic ring is 1. The van der Waals surface area contributed by atoms with Crippen LogP contribution in [-0.2, 0) is 0 Å². The van der Waals surface area contributed by atoms with E-state index in [-0.39, 0.29) is 12.5 Å². The summed E-state index contributed by atoms with van der Waals surface area (Å²) in [5.74, 6) is -0.153. The first-order valence-corrected chi connectivity index (χ1v) is 6.44. The van der Waals surface area contributed by atoms with Gasteiger partial charge in [-0.3, -0.25) is 4.79 Å². The summed E-state index contributed by atoms with van der Waals surface area (Å²) in [5.41, 5.74) is 7.11. The van der Waals surface area contributed by atoms with E-state index in [9.17, 15) is 9.90 Å². The van der Waals surface area contributed by atoms with Crippen LogP contribution in [0.25, 0.3) is 0 Å². The normalized spacial score (nSPS) is 11.4. The Kier molecular flexibility index (Phi) is 4.40. The summed E-state index contributed by atoms with van der Waals surface area (Å²) in [6.45, 7) is 5.33. The van der Waals surface area contributed by atoms with Crippen molar-refractivity contribution < 1.29 is 9.90 Å². The molecule has 0 aliphatic rings. The SMILES string of the molecule is Cc1c(N)cc(Br)cc1C(=O)N(C)C(C)(C)CO. The number of halogens is 1. The third-order valence-corrected chi connectivity index (χ3v) is 3.70. The molecular formula is C13H19BrN2O2. The summed E-state index contributed by atoms with van der Waals surface area (Å²) >= 11 is 3.33. The number of nitrogens with zero attached hydrogens (tertiary/aromatic N) is 1. The van der Waals surface area contributed by atoms with E-state index in [0.29, 0.717) is 11.3 Å². The van der Waals surface area contributed by atoms with Crippen molar-refractivity contribution in [1.82, 2.24) is 4.90 Å². The number of amides is 1. The van der Waals surface area contributed by atoms with Crippen LogP contribution < -0.4 is 5.73 Å². The lowest BCUT2D eigenvalue weighted by atomic mass is 10.0. The van der Waals surface area contributed by atoms with Crippen molar-refractivity contribution in [3.8, 4) is 0 Å². The Hall–Kier alpha value is -1.07. The smallest absolute Gasteiger partial charge is 0.254 e. The number of benzene rings is 1. The fourth-order valence-corrected chi connectivity index (χ4v) is 1.96. The molecular weight excluding hydrogens is 296 g/mol. The number of aliphatic hydroxyl groups is 1. The van der Waals surface area contributed by atoms with Gasteiger partial charge in [-0.1, -0.05) is 15.9 Å². The highest BCUT2D eigenvalue weighted by Crippen LogP contribution is 2.25. The largest absolute Gasteiger partial charge is 0.398 e. The molecule has 0 fully saturated rings. The van der Waals surface area contributed by atoms with Crippen LogP contribution in [0.4, 0.5) is 5.69 Å². The predicted octanol–water partition coefficient (Wildman–Crippen LogP) is 2.18. The van der Waals surface area contributed by atoms with Crippen molar-refractivity contribution >= 4 is 27.5 Å². The van der Waals surface area contributed by atoms with Gasteiger partial charge >= 0.3 is 0 Å². The maximum absolute atomic E-state index is 12.4. The Bertz CT molecular complexity index is 472. The van der Waals surface area contributed by atoms with Gasteiger partial charge in [0.1, 0.15) is 0 Å². The number of rotatable bonds is 3. The van der Waals surface area contributed by atoms with E-state index in [1.165, 1.54) is 4.90 Å². The average Bonchev–Trinajstić information content (AvgIpc) is 2.31.